The van der Waals surface area contributed by atoms with Gasteiger partial charge in [-0.1, -0.05) is 79.7 Å². The highest BCUT2D eigenvalue weighted by molar-refractivity contribution is 8.18. The number of hydrogen-bond donors (Lipinski definition) is 0. The fourth-order valence-corrected chi connectivity index (χ4v) is 6.60. The Morgan fingerprint density at radius 1 is 1.00 bits per heavy atom. The van der Waals surface area contributed by atoms with Crippen molar-refractivity contribution in [2.45, 2.75) is 58.1 Å². The fraction of sp³-hybridized carbons (Fsp3) is 0.312. The van der Waals surface area contributed by atoms with E-state index in [0.717, 1.165) is 54.1 Å². The van der Waals surface area contributed by atoms with Crippen molar-refractivity contribution in [1.82, 2.24) is 4.90 Å². The number of halogens is 2. The molecule has 1 saturated carbocycles. The number of nitrogens with zero attached hydrogens (tertiary/aromatic N) is 2. The number of aliphatic imine (C=N–C) groups is 1. The summed E-state index contributed by atoms with van der Waals surface area (Å²) in [5.74, 6) is 1.18. The third kappa shape index (κ3) is 6.51. The van der Waals surface area contributed by atoms with Gasteiger partial charge in [0, 0.05) is 21.7 Å². The predicted molar refractivity (Wildman–Crippen MR) is 166 cm³/mol. The molecule has 0 N–H and O–H groups in total. The van der Waals surface area contributed by atoms with Gasteiger partial charge in [-0.05, 0) is 78.6 Å². The standard InChI is InChI=1S/C32H32Cl2N2O3S/c1-3-22-9-7-8-12-27(22)35-32-36(25-10-5-4-6-11-25)31(37)30(40-32)18-21-13-16-28(29(17-21)38-2)39-20-23-14-15-24(33)19-26(23)34/h7-9,12-19,25H,3-6,10-11,20H2,1-2H3/b30-18+,35-32?. The molecule has 0 unspecified atom stereocenters. The summed E-state index contributed by atoms with van der Waals surface area (Å²) in [7, 11) is 1.60. The second-order valence-corrected chi connectivity index (χ2v) is 11.7. The van der Waals surface area contributed by atoms with Crippen molar-refractivity contribution in [3.63, 3.8) is 0 Å². The largest absolute Gasteiger partial charge is 0.493 e. The topological polar surface area (TPSA) is 51.1 Å². The van der Waals surface area contributed by atoms with E-state index < -0.39 is 0 Å². The molecule has 5 nitrogen and oxygen atoms in total. The highest BCUT2D eigenvalue weighted by Crippen LogP contribution is 2.40. The average Bonchev–Trinajstić information content (AvgIpc) is 3.27. The van der Waals surface area contributed by atoms with Gasteiger partial charge in [0.1, 0.15) is 6.61 Å². The number of benzene rings is 3. The van der Waals surface area contributed by atoms with Gasteiger partial charge in [0.05, 0.1) is 17.7 Å². The van der Waals surface area contributed by atoms with Crippen LogP contribution in [-0.4, -0.2) is 29.1 Å². The Morgan fingerprint density at radius 2 is 1.80 bits per heavy atom. The molecule has 0 spiro atoms. The minimum absolute atomic E-state index is 0.0151. The number of carbonyl (C=O) groups is 1. The summed E-state index contributed by atoms with van der Waals surface area (Å²) in [6.07, 6.45) is 8.30. The number of aryl methyl sites for hydroxylation is 1. The van der Waals surface area contributed by atoms with E-state index in [9.17, 15) is 4.79 Å². The molecule has 5 rings (SSSR count). The first-order valence-electron chi connectivity index (χ1n) is 13.6. The third-order valence-corrected chi connectivity index (χ3v) is 8.82. The molecule has 3 aromatic rings. The smallest absolute Gasteiger partial charge is 0.267 e. The van der Waals surface area contributed by atoms with E-state index in [1.54, 1.807) is 19.2 Å². The second-order valence-electron chi connectivity index (χ2n) is 9.89. The minimum atomic E-state index is 0.0151. The SMILES string of the molecule is CCc1ccccc1N=C1S/C(=C/c2ccc(OCc3ccc(Cl)cc3Cl)c(OC)c2)C(=O)N1C1CCCCC1. The quantitative estimate of drug-likeness (QED) is 0.244. The first-order valence-corrected chi connectivity index (χ1v) is 15.2. The number of amidine groups is 1. The zero-order chi connectivity index (χ0) is 28.1. The summed E-state index contributed by atoms with van der Waals surface area (Å²) in [5, 5.41) is 1.88. The predicted octanol–water partition coefficient (Wildman–Crippen LogP) is 9.08. The normalized spacial score (nSPS) is 18.1. The van der Waals surface area contributed by atoms with Crippen LogP contribution in [-0.2, 0) is 17.8 Å². The number of hydrogen-bond acceptors (Lipinski definition) is 5. The lowest BCUT2D eigenvalue weighted by molar-refractivity contribution is -0.124. The van der Waals surface area contributed by atoms with Gasteiger partial charge in [-0.3, -0.25) is 9.69 Å². The minimum Gasteiger partial charge on any atom is -0.493 e. The van der Waals surface area contributed by atoms with Gasteiger partial charge in [0.15, 0.2) is 16.7 Å². The summed E-state index contributed by atoms with van der Waals surface area (Å²) < 4.78 is 11.6. The molecule has 1 aliphatic carbocycles. The summed E-state index contributed by atoms with van der Waals surface area (Å²) >= 11 is 13.8. The van der Waals surface area contributed by atoms with Crippen molar-refractivity contribution in [2.75, 3.05) is 7.11 Å². The maximum absolute atomic E-state index is 13.8. The molecule has 1 amide bonds. The van der Waals surface area contributed by atoms with Crippen molar-refractivity contribution in [3.8, 4) is 11.5 Å². The summed E-state index contributed by atoms with van der Waals surface area (Å²) in [4.78, 5) is 21.4. The summed E-state index contributed by atoms with van der Waals surface area (Å²) in [5.41, 5.74) is 3.77. The molecule has 40 heavy (non-hydrogen) atoms. The number of para-hydroxylation sites is 1. The van der Waals surface area contributed by atoms with Crippen molar-refractivity contribution in [2.24, 2.45) is 4.99 Å². The lowest BCUT2D eigenvalue weighted by atomic mass is 9.94. The number of thioether (sulfide) groups is 1. The van der Waals surface area contributed by atoms with Crippen LogP contribution in [0.4, 0.5) is 5.69 Å². The van der Waals surface area contributed by atoms with Gasteiger partial charge in [-0.25, -0.2) is 4.99 Å². The Bertz CT molecular complexity index is 1450. The maximum atomic E-state index is 13.8. The van der Waals surface area contributed by atoms with Crippen LogP contribution >= 0.6 is 35.0 Å². The van der Waals surface area contributed by atoms with Gasteiger partial charge < -0.3 is 9.47 Å². The van der Waals surface area contributed by atoms with Crippen LogP contribution in [0.1, 0.15) is 55.7 Å². The Kier molecular flexibility index (Phi) is 9.40. The Labute approximate surface area is 250 Å². The highest BCUT2D eigenvalue weighted by Gasteiger charge is 2.38. The monoisotopic (exact) mass is 594 g/mol. The van der Waals surface area contributed by atoms with E-state index in [2.05, 4.69) is 13.0 Å². The molecule has 1 aliphatic heterocycles. The molecule has 0 bridgehead atoms. The summed E-state index contributed by atoms with van der Waals surface area (Å²) in [6.45, 7) is 2.40. The first kappa shape index (κ1) is 28.6. The first-order chi connectivity index (χ1) is 19.5. The van der Waals surface area contributed by atoms with E-state index in [-0.39, 0.29) is 18.6 Å². The lowest BCUT2D eigenvalue weighted by Gasteiger charge is -2.30. The van der Waals surface area contributed by atoms with Gasteiger partial charge in [0.25, 0.3) is 5.91 Å². The summed E-state index contributed by atoms with van der Waals surface area (Å²) in [6, 6.07) is 19.3. The number of rotatable bonds is 8. The molecule has 0 aromatic heterocycles. The van der Waals surface area contributed by atoms with Gasteiger partial charge in [0.2, 0.25) is 0 Å². The van der Waals surface area contributed by atoms with E-state index >= 15 is 0 Å². The zero-order valence-electron chi connectivity index (χ0n) is 22.7. The van der Waals surface area contributed by atoms with Crippen LogP contribution in [0.25, 0.3) is 6.08 Å². The van der Waals surface area contributed by atoms with Gasteiger partial charge >= 0.3 is 0 Å². The molecule has 0 radical (unpaired) electrons. The molecule has 8 heteroatoms. The number of amides is 1. The van der Waals surface area contributed by atoms with Crippen molar-refractivity contribution < 1.29 is 14.3 Å². The Morgan fingerprint density at radius 3 is 2.55 bits per heavy atom. The van der Waals surface area contributed by atoms with E-state index in [1.165, 1.54) is 23.7 Å². The van der Waals surface area contributed by atoms with Crippen LogP contribution in [0.15, 0.2) is 70.6 Å². The van der Waals surface area contributed by atoms with Crippen molar-refractivity contribution in [3.05, 3.63) is 92.3 Å². The van der Waals surface area contributed by atoms with E-state index in [1.807, 2.05) is 53.4 Å². The molecular weight excluding hydrogens is 563 g/mol. The number of ether oxygens (including phenoxy) is 2. The van der Waals surface area contributed by atoms with E-state index in [4.69, 9.17) is 37.7 Å². The van der Waals surface area contributed by atoms with Crippen LogP contribution in [0, 0.1) is 0 Å². The van der Waals surface area contributed by atoms with Crippen molar-refractivity contribution in [1.29, 1.82) is 0 Å². The highest BCUT2D eigenvalue weighted by atomic mass is 35.5. The molecule has 1 saturated heterocycles. The molecule has 2 fully saturated rings. The number of methoxy groups -OCH3 is 1. The van der Waals surface area contributed by atoms with Gasteiger partial charge in [-0.2, -0.15) is 0 Å². The second kappa shape index (κ2) is 13.2. The van der Waals surface area contributed by atoms with E-state index in [0.29, 0.717) is 26.4 Å². The molecule has 3 aromatic carbocycles. The molecule has 208 valence electrons. The van der Waals surface area contributed by atoms with Crippen LogP contribution in [0.3, 0.4) is 0 Å². The van der Waals surface area contributed by atoms with Crippen LogP contribution < -0.4 is 9.47 Å². The Hall–Kier alpha value is -2.93. The molecule has 2 aliphatic rings. The zero-order valence-corrected chi connectivity index (χ0v) is 25.0. The third-order valence-electron chi connectivity index (χ3n) is 7.25. The van der Waals surface area contributed by atoms with Gasteiger partial charge in [-0.15, -0.1) is 0 Å². The molecular formula is C32H32Cl2N2O3S. The van der Waals surface area contributed by atoms with Crippen LogP contribution in [0.2, 0.25) is 10.0 Å². The molecule has 0 atom stereocenters. The lowest BCUT2D eigenvalue weighted by Crippen LogP contribution is -2.40. The fourth-order valence-electron chi connectivity index (χ4n) is 5.09. The Balaban J connectivity index is 1.41. The number of carbonyl (C=O) groups excluding carboxylic acids is 1. The molecule has 1 heterocycles. The maximum Gasteiger partial charge on any atom is 0.267 e. The average molecular weight is 596 g/mol. The van der Waals surface area contributed by atoms with Crippen molar-refractivity contribution >= 4 is 57.8 Å². The van der Waals surface area contributed by atoms with Crippen LogP contribution in [0.5, 0.6) is 11.5 Å².